The van der Waals surface area contributed by atoms with Crippen LogP contribution < -0.4 is 5.32 Å². The number of alkyl halides is 2. The third-order valence-corrected chi connectivity index (χ3v) is 2.84. The summed E-state index contributed by atoms with van der Waals surface area (Å²) < 4.78 is 37.8. The highest BCUT2D eigenvalue weighted by Crippen LogP contribution is 2.21. The summed E-state index contributed by atoms with van der Waals surface area (Å²) in [5.41, 5.74) is 0.0334. The van der Waals surface area contributed by atoms with Crippen molar-refractivity contribution in [3.05, 3.63) is 33.5 Å². The van der Waals surface area contributed by atoms with Crippen LogP contribution in [0.25, 0.3) is 0 Å². The minimum atomic E-state index is -2.65. The van der Waals surface area contributed by atoms with Gasteiger partial charge in [0.15, 0.2) is 0 Å². The van der Waals surface area contributed by atoms with Crippen LogP contribution >= 0.6 is 15.9 Å². The molecule has 0 spiro atoms. The van der Waals surface area contributed by atoms with Gasteiger partial charge in [-0.2, -0.15) is 0 Å². The zero-order valence-corrected chi connectivity index (χ0v) is 9.95. The topological polar surface area (TPSA) is 29.1 Å². The Balaban J connectivity index is 2.88. The van der Waals surface area contributed by atoms with E-state index in [4.69, 9.17) is 0 Å². The van der Waals surface area contributed by atoms with E-state index in [0.29, 0.717) is 4.47 Å². The quantitative estimate of drug-likeness (QED) is 0.913. The molecule has 16 heavy (non-hydrogen) atoms. The maximum Gasteiger partial charge on any atom is 0.255 e. The van der Waals surface area contributed by atoms with E-state index in [1.807, 2.05) is 5.32 Å². The fraction of sp³-hybridized carbons (Fsp3) is 0.300. The third-order valence-electron chi connectivity index (χ3n) is 1.98. The second-order valence-electron chi connectivity index (χ2n) is 3.14. The molecule has 0 fully saturated rings. The molecule has 0 aromatic heterocycles. The molecule has 1 aromatic rings. The van der Waals surface area contributed by atoms with Crippen LogP contribution in [0.4, 0.5) is 13.2 Å². The normalized spacial score (nSPS) is 10.6. The van der Waals surface area contributed by atoms with E-state index in [9.17, 15) is 18.0 Å². The van der Waals surface area contributed by atoms with Gasteiger partial charge in [0.2, 0.25) is 0 Å². The van der Waals surface area contributed by atoms with E-state index in [2.05, 4.69) is 15.9 Å². The first-order chi connectivity index (χ1) is 7.43. The second kappa shape index (κ2) is 5.34. The highest BCUT2D eigenvalue weighted by atomic mass is 79.9. The molecule has 2 nitrogen and oxygen atoms in total. The monoisotopic (exact) mass is 295 g/mol. The van der Waals surface area contributed by atoms with E-state index in [-0.39, 0.29) is 11.1 Å². The molecule has 1 amide bonds. The van der Waals surface area contributed by atoms with E-state index in [1.54, 1.807) is 0 Å². The smallest absolute Gasteiger partial charge is 0.255 e. The van der Waals surface area contributed by atoms with Crippen LogP contribution in [0.5, 0.6) is 0 Å². The van der Waals surface area contributed by atoms with E-state index in [1.165, 1.54) is 19.1 Å². The van der Waals surface area contributed by atoms with Crippen LogP contribution in [0.1, 0.15) is 15.9 Å². The molecular formula is C10H9BrF3NO. The zero-order chi connectivity index (χ0) is 12.3. The lowest BCUT2D eigenvalue weighted by Crippen LogP contribution is -2.29. The molecule has 1 N–H and O–H groups in total. The van der Waals surface area contributed by atoms with Crippen molar-refractivity contribution >= 4 is 21.8 Å². The van der Waals surface area contributed by atoms with Crippen molar-refractivity contribution < 1.29 is 18.0 Å². The number of hydrogen-bond donors (Lipinski definition) is 1. The summed E-state index contributed by atoms with van der Waals surface area (Å²) >= 11 is 3.10. The largest absolute Gasteiger partial charge is 0.346 e. The van der Waals surface area contributed by atoms with Gasteiger partial charge in [0.1, 0.15) is 5.82 Å². The van der Waals surface area contributed by atoms with Gasteiger partial charge < -0.3 is 5.32 Å². The summed E-state index contributed by atoms with van der Waals surface area (Å²) in [5.74, 6) is -1.55. The van der Waals surface area contributed by atoms with Crippen molar-refractivity contribution in [2.24, 2.45) is 0 Å². The first kappa shape index (κ1) is 13.0. The van der Waals surface area contributed by atoms with Crippen LogP contribution in [-0.2, 0) is 0 Å². The molecule has 0 bridgehead atoms. The molecule has 6 heteroatoms. The molecule has 0 heterocycles. The van der Waals surface area contributed by atoms with Gasteiger partial charge in [-0.1, -0.05) is 15.9 Å². The van der Waals surface area contributed by atoms with Gasteiger partial charge in [0, 0.05) is 4.47 Å². The van der Waals surface area contributed by atoms with Crippen molar-refractivity contribution in [2.45, 2.75) is 13.3 Å². The molecular weight excluding hydrogens is 287 g/mol. The first-order valence-corrected chi connectivity index (χ1v) is 5.23. The van der Waals surface area contributed by atoms with Gasteiger partial charge in [0.05, 0.1) is 12.1 Å². The Morgan fingerprint density at radius 1 is 1.50 bits per heavy atom. The standard InChI is InChI=1S/C10H9BrF3NO/c1-5-7(11)3-2-6(9(5)14)10(16)15-4-8(12)13/h2-3,8H,4H2,1H3,(H,15,16). The van der Waals surface area contributed by atoms with Crippen molar-refractivity contribution in [1.29, 1.82) is 0 Å². The van der Waals surface area contributed by atoms with Crippen LogP contribution in [0.15, 0.2) is 16.6 Å². The van der Waals surface area contributed by atoms with Crippen LogP contribution in [-0.4, -0.2) is 18.9 Å². The summed E-state index contributed by atoms with van der Waals surface area (Å²) in [6.45, 7) is 0.705. The number of halogens is 4. The summed E-state index contributed by atoms with van der Waals surface area (Å²) in [5, 5.41) is 1.94. The molecule has 88 valence electrons. The van der Waals surface area contributed by atoms with Gasteiger partial charge >= 0.3 is 0 Å². The predicted molar refractivity (Wildman–Crippen MR) is 57.2 cm³/mol. The fourth-order valence-corrected chi connectivity index (χ4v) is 1.41. The number of hydrogen-bond acceptors (Lipinski definition) is 1. The number of benzene rings is 1. The summed E-state index contributed by atoms with van der Waals surface area (Å²) in [4.78, 5) is 11.3. The SMILES string of the molecule is Cc1c(Br)ccc(C(=O)NCC(F)F)c1F. The van der Waals surface area contributed by atoms with Gasteiger partial charge in [-0.05, 0) is 24.6 Å². The zero-order valence-electron chi connectivity index (χ0n) is 8.36. The van der Waals surface area contributed by atoms with E-state index in [0.717, 1.165) is 0 Å². The summed E-state index contributed by atoms with van der Waals surface area (Å²) in [6, 6.07) is 2.74. The molecule has 0 aliphatic rings. The lowest BCUT2D eigenvalue weighted by Gasteiger charge is -2.08. The Morgan fingerprint density at radius 2 is 2.12 bits per heavy atom. The predicted octanol–water partition coefficient (Wildman–Crippen LogP) is 2.89. The van der Waals surface area contributed by atoms with Crippen LogP contribution in [0.3, 0.4) is 0 Å². The first-order valence-electron chi connectivity index (χ1n) is 4.44. The number of carbonyl (C=O) groups is 1. The van der Waals surface area contributed by atoms with Gasteiger partial charge in [0.25, 0.3) is 12.3 Å². The van der Waals surface area contributed by atoms with Crippen molar-refractivity contribution in [1.82, 2.24) is 5.32 Å². The van der Waals surface area contributed by atoms with Crippen molar-refractivity contribution in [2.75, 3.05) is 6.54 Å². The average Bonchev–Trinajstić information content (AvgIpc) is 2.23. The van der Waals surface area contributed by atoms with Gasteiger partial charge in [-0.3, -0.25) is 4.79 Å². The number of amides is 1. The Labute approximate surface area is 99.0 Å². The minimum absolute atomic E-state index is 0.235. The minimum Gasteiger partial charge on any atom is -0.346 e. The van der Waals surface area contributed by atoms with Crippen molar-refractivity contribution in [3.63, 3.8) is 0 Å². The average molecular weight is 296 g/mol. The highest BCUT2D eigenvalue weighted by molar-refractivity contribution is 9.10. The molecule has 0 saturated heterocycles. The second-order valence-corrected chi connectivity index (χ2v) is 3.99. The number of nitrogens with one attached hydrogen (secondary N) is 1. The fourth-order valence-electron chi connectivity index (χ4n) is 1.10. The number of rotatable bonds is 3. The summed E-state index contributed by atoms with van der Waals surface area (Å²) in [6.07, 6.45) is -2.65. The van der Waals surface area contributed by atoms with Crippen molar-refractivity contribution in [3.8, 4) is 0 Å². The third kappa shape index (κ3) is 2.98. The lowest BCUT2D eigenvalue weighted by molar-refractivity contribution is 0.0887. The molecule has 0 aliphatic heterocycles. The molecule has 0 saturated carbocycles. The number of carbonyl (C=O) groups excluding carboxylic acids is 1. The molecule has 1 rings (SSSR count). The molecule has 0 radical (unpaired) electrons. The van der Waals surface area contributed by atoms with Gasteiger partial charge in [-0.25, -0.2) is 13.2 Å². The lowest BCUT2D eigenvalue weighted by atomic mass is 10.1. The van der Waals surface area contributed by atoms with Crippen LogP contribution in [0, 0.1) is 12.7 Å². The van der Waals surface area contributed by atoms with E-state index >= 15 is 0 Å². The summed E-state index contributed by atoms with van der Waals surface area (Å²) in [7, 11) is 0. The molecule has 0 atom stereocenters. The van der Waals surface area contributed by atoms with E-state index < -0.39 is 24.7 Å². The molecule has 0 aliphatic carbocycles. The Hall–Kier alpha value is -1.04. The maximum absolute atomic E-state index is 13.6. The Kier molecular flexibility index (Phi) is 4.35. The highest BCUT2D eigenvalue weighted by Gasteiger charge is 2.16. The Bertz CT molecular complexity index is 409. The van der Waals surface area contributed by atoms with Gasteiger partial charge in [-0.15, -0.1) is 0 Å². The maximum atomic E-state index is 13.6. The van der Waals surface area contributed by atoms with Crippen LogP contribution in [0.2, 0.25) is 0 Å². The Morgan fingerprint density at radius 3 is 2.69 bits per heavy atom. The molecule has 1 aromatic carbocycles. The molecule has 0 unspecified atom stereocenters.